The van der Waals surface area contributed by atoms with E-state index in [0.29, 0.717) is 0 Å². The largest absolute Gasteiger partial charge is 0.353 e. The molecule has 0 bridgehead atoms. The number of carbonyl (C=O) groups excluding carboxylic acids is 1. The van der Waals surface area contributed by atoms with Crippen LogP contribution in [0.25, 0.3) is 0 Å². The van der Waals surface area contributed by atoms with Gasteiger partial charge in [-0.3, -0.25) is 4.79 Å². The molecule has 1 amide bonds. The molecule has 0 spiro atoms. The summed E-state index contributed by atoms with van der Waals surface area (Å²) in [6.07, 6.45) is 0. The lowest BCUT2D eigenvalue weighted by Crippen LogP contribution is -2.30. The maximum absolute atomic E-state index is 10.4. The van der Waals surface area contributed by atoms with Crippen LogP contribution >= 0.6 is 12.6 Å². The molecule has 2 nitrogen and oxygen atoms in total. The number of carbonyl (C=O) groups is 1. The first-order valence-electron chi connectivity index (χ1n) is 2.54. The van der Waals surface area contributed by atoms with Gasteiger partial charge in [0.25, 0.3) is 0 Å². The summed E-state index contributed by atoms with van der Waals surface area (Å²) in [4.78, 5) is 10.4. The summed E-state index contributed by atoms with van der Waals surface area (Å²) in [6, 6.07) is 0.213. The molecule has 0 aliphatic carbocycles. The van der Waals surface area contributed by atoms with Gasteiger partial charge in [-0.1, -0.05) is 12.6 Å². The molecular weight excluding hydrogens is 122 g/mol. The number of hydrogen-bond acceptors (Lipinski definition) is 1. The van der Waals surface area contributed by atoms with E-state index in [1.165, 1.54) is 0 Å². The molecule has 0 rings (SSSR count). The molecule has 47 valence electrons. The van der Waals surface area contributed by atoms with Gasteiger partial charge in [0.05, 0.1) is 5.75 Å². The molecule has 0 saturated heterocycles. The molecule has 0 saturated carbocycles. The monoisotopic (exact) mass is 132 g/mol. The molecule has 8 heavy (non-hydrogen) atoms. The number of nitrogens with one attached hydrogen (secondary N) is 1. The van der Waals surface area contributed by atoms with Crippen LogP contribution in [0, 0.1) is 0 Å². The van der Waals surface area contributed by atoms with Gasteiger partial charge >= 0.3 is 0 Å². The van der Waals surface area contributed by atoms with Gasteiger partial charge in [-0.05, 0) is 13.8 Å². The summed E-state index contributed by atoms with van der Waals surface area (Å²) in [5.74, 6) is 0.105. The van der Waals surface area contributed by atoms with E-state index in [2.05, 4.69) is 17.9 Å². The van der Waals surface area contributed by atoms with Gasteiger partial charge in [0.15, 0.2) is 0 Å². The van der Waals surface area contributed by atoms with Gasteiger partial charge in [-0.15, -0.1) is 0 Å². The highest BCUT2D eigenvalue weighted by Crippen LogP contribution is 1.78. The highest BCUT2D eigenvalue weighted by molar-refractivity contribution is 7.81. The first kappa shape index (κ1) is 7.82. The molecule has 3 heteroatoms. The molecule has 0 aromatic heterocycles. The van der Waals surface area contributed by atoms with E-state index in [9.17, 15) is 4.79 Å². The Morgan fingerprint density at radius 2 is 2.25 bits per heavy atom. The van der Waals surface area contributed by atoms with E-state index in [1.807, 2.05) is 13.8 Å². The van der Waals surface area contributed by atoms with Gasteiger partial charge in [0.2, 0.25) is 5.91 Å². The van der Waals surface area contributed by atoms with Crippen LogP contribution in [0.15, 0.2) is 0 Å². The van der Waals surface area contributed by atoms with Crippen molar-refractivity contribution in [3.8, 4) is 0 Å². The van der Waals surface area contributed by atoms with Gasteiger partial charge < -0.3 is 5.32 Å². The predicted octanol–water partition coefficient (Wildman–Crippen LogP) is 0.708. The maximum atomic E-state index is 10.4. The van der Waals surface area contributed by atoms with Crippen molar-refractivity contribution in [3.05, 3.63) is 0 Å². The van der Waals surface area contributed by atoms with Crippen LogP contribution < -0.4 is 5.32 Å². The second-order valence-electron chi connectivity index (χ2n) is 1.87. The first-order valence-corrected chi connectivity index (χ1v) is 3.12. The van der Waals surface area contributed by atoms with Crippen molar-refractivity contribution in [2.45, 2.75) is 19.9 Å². The van der Waals surface area contributed by atoms with Crippen LogP contribution in [0.3, 0.4) is 0 Å². The number of rotatable bonds is 2. The van der Waals surface area contributed by atoms with Crippen molar-refractivity contribution >= 4 is 18.5 Å². The van der Waals surface area contributed by atoms with Crippen molar-refractivity contribution in [3.63, 3.8) is 0 Å². The Balaban J connectivity index is 3.25. The minimum absolute atomic E-state index is 0.0602. The summed E-state index contributed by atoms with van der Waals surface area (Å²) in [5, 5.41) is 2.65. The number of hydrogen-bond donors (Lipinski definition) is 1. The third-order valence-electron chi connectivity index (χ3n) is 0.581. The van der Waals surface area contributed by atoms with Crippen molar-refractivity contribution < 1.29 is 4.79 Å². The number of amides is 1. The highest BCUT2D eigenvalue weighted by atomic mass is 32.1. The molecule has 0 atom stereocenters. The standard InChI is InChI=1S/C5H10NOS/c1-4(2)6-5(7)3-8/h4H,3H2,1-2H3,(H,6,7). The van der Waals surface area contributed by atoms with E-state index in [4.69, 9.17) is 0 Å². The van der Waals surface area contributed by atoms with Gasteiger partial charge in [0, 0.05) is 6.04 Å². The molecule has 0 aliphatic rings. The van der Waals surface area contributed by atoms with Gasteiger partial charge in [-0.25, -0.2) is 0 Å². The Morgan fingerprint density at radius 3 is 2.38 bits per heavy atom. The third-order valence-corrected chi connectivity index (χ3v) is 0.843. The third kappa shape index (κ3) is 3.99. The Morgan fingerprint density at radius 1 is 1.75 bits per heavy atom. The highest BCUT2D eigenvalue weighted by Gasteiger charge is 1.97. The normalized spacial score (nSPS) is 9.50. The van der Waals surface area contributed by atoms with Crippen molar-refractivity contribution in [1.29, 1.82) is 0 Å². The van der Waals surface area contributed by atoms with Crippen LogP contribution in [0.5, 0.6) is 0 Å². The average molecular weight is 132 g/mol. The molecule has 0 heterocycles. The van der Waals surface area contributed by atoms with Gasteiger partial charge in [-0.2, -0.15) is 0 Å². The minimum atomic E-state index is -0.0602. The SMILES string of the molecule is CC(C)NC(=O)C[S]. The Kier molecular flexibility index (Phi) is 3.69. The smallest absolute Gasteiger partial charge is 0.231 e. The summed E-state index contributed by atoms with van der Waals surface area (Å²) in [7, 11) is 0. The zero-order valence-corrected chi connectivity index (χ0v) is 5.92. The van der Waals surface area contributed by atoms with Crippen LogP contribution in [-0.4, -0.2) is 17.7 Å². The van der Waals surface area contributed by atoms with E-state index in [-0.39, 0.29) is 17.7 Å². The van der Waals surface area contributed by atoms with Crippen LogP contribution in [0.1, 0.15) is 13.8 Å². The lowest BCUT2D eigenvalue weighted by molar-refractivity contribution is -0.119. The predicted molar refractivity (Wildman–Crippen MR) is 35.7 cm³/mol. The van der Waals surface area contributed by atoms with E-state index in [0.717, 1.165) is 0 Å². The van der Waals surface area contributed by atoms with Crippen molar-refractivity contribution in [2.75, 3.05) is 5.75 Å². The summed E-state index contributed by atoms with van der Waals surface area (Å²) in [6.45, 7) is 3.81. The zero-order chi connectivity index (χ0) is 6.57. The first-order chi connectivity index (χ1) is 3.66. The van der Waals surface area contributed by atoms with E-state index >= 15 is 0 Å². The molecule has 0 aromatic rings. The summed E-state index contributed by atoms with van der Waals surface area (Å²) < 4.78 is 0. The van der Waals surface area contributed by atoms with E-state index < -0.39 is 0 Å². The lowest BCUT2D eigenvalue weighted by atomic mass is 10.4. The fraction of sp³-hybridized carbons (Fsp3) is 0.800. The average Bonchev–Trinajstić information content (AvgIpc) is 1.65. The molecular formula is C5H10NOS. The molecule has 0 aromatic carbocycles. The Labute approximate surface area is 55.1 Å². The zero-order valence-electron chi connectivity index (χ0n) is 5.10. The van der Waals surface area contributed by atoms with Crippen LogP contribution in [0.2, 0.25) is 0 Å². The Hall–Kier alpha value is -0.180. The molecule has 1 radical (unpaired) electrons. The molecule has 0 unspecified atom stereocenters. The van der Waals surface area contributed by atoms with Crippen molar-refractivity contribution in [1.82, 2.24) is 5.32 Å². The topological polar surface area (TPSA) is 29.1 Å². The summed E-state index contributed by atoms with van der Waals surface area (Å²) in [5.41, 5.74) is 0. The Bertz CT molecular complexity index is 82.5. The lowest BCUT2D eigenvalue weighted by Gasteiger charge is -2.03. The second-order valence-corrected chi connectivity index (χ2v) is 2.16. The quantitative estimate of drug-likeness (QED) is 0.589. The molecule has 0 fully saturated rings. The van der Waals surface area contributed by atoms with Gasteiger partial charge in [0.1, 0.15) is 0 Å². The minimum Gasteiger partial charge on any atom is -0.353 e. The summed E-state index contributed by atoms with van der Waals surface area (Å²) >= 11 is 4.48. The molecule has 1 N–H and O–H groups in total. The fourth-order valence-electron chi connectivity index (χ4n) is 0.364. The van der Waals surface area contributed by atoms with Crippen molar-refractivity contribution in [2.24, 2.45) is 0 Å². The second kappa shape index (κ2) is 3.78. The van der Waals surface area contributed by atoms with Crippen LogP contribution in [0.4, 0.5) is 0 Å². The van der Waals surface area contributed by atoms with E-state index in [1.54, 1.807) is 0 Å². The fourth-order valence-corrected chi connectivity index (χ4v) is 0.447. The maximum Gasteiger partial charge on any atom is 0.231 e. The molecule has 0 aliphatic heterocycles. The van der Waals surface area contributed by atoms with Crippen LogP contribution in [-0.2, 0) is 4.79 Å².